The first kappa shape index (κ1) is 82.6. The van der Waals surface area contributed by atoms with Crippen LogP contribution in [0.2, 0.25) is 50.2 Å². The van der Waals surface area contributed by atoms with E-state index in [9.17, 15) is 0 Å². The molecule has 0 amide bonds. The van der Waals surface area contributed by atoms with Gasteiger partial charge in [0.15, 0.2) is 0 Å². The van der Waals surface area contributed by atoms with Crippen LogP contribution in [0.1, 0.15) is 0 Å². The number of aromatic nitrogens is 1. The van der Waals surface area contributed by atoms with Gasteiger partial charge in [0.05, 0.1) is 11.0 Å². The number of hydrogen-bond acceptors (Lipinski definition) is 0. The number of para-hydroxylation sites is 2. The lowest BCUT2D eigenvalue weighted by atomic mass is 9.91. The van der Waals surface area contributed by atoms with Gasteiger partial charge < -0.3 is 4.57 Å². The van der Waals surface area contributed by atoms with Gasteiger partial charge in [-0.2, -0.15) is 0 Å². The second-order valence-electron chi connectivity index (χ2n) is 31.0. The monoisotopic (exact) mass is 1880 g/mol. The van der Waals surface area contributed by atoms with Crippen molar-refractivity contribution in [1.82, 2.24) is 4.57 Å². The molecule has 1 nitrogen and oxygen atoms in total. The van der Waals surface area contributed by atoms with Crippen molar-refractivity contribution in [2.24, 2.45) is 0 Å². The average Bonchev–Trinajstić information content (AvgIpc) is 1.49. The lowest BCUT2D eigenvalue weighted by Gasteiger charge is -2.14. The molecule has 0 radical (unpaired) electrons. The van der Waals surface area contributed by atoms with Crippen molar-refractivity contribution >= 4 is 283 Å². The molecule has 0 unspecified atom stereocenters. The number of halogens is 11. The Morgan fingerprint density at radius 1 is 0.151 bits per heavy atom. The summed E-state index contributed by atoms with van der Waals surface area (Å²) in [5, 5.41) is 36.3. The lowest BCUT2D eigenvalue weighted by Crippen LogP contribution is -1.93. The highest BCUT2D eigenvalue weighted by atomic mass is 79.9. The van der Waals surface area contributed by atoms with Crippen LogP contribution in [-0.4, -0.2) is 4.57 Å². The van der Waals surface area contributed by atoms with Crippen molar-refractivity contribution in [2.75, 3.05) is 0 Å². The van der Waals surface area contributed by atoms with Crippen molar-refractivity contribution in [3.05, 3.63) is 455 Å². The minimum absolute atomic E-state index is 0.729. The van der Waals surface area contributed by atoms with E-state index in [0.717, 1.165) is 190 Å². The normalized spacial score (nSPS) is 11.5. The van der Waals surface area contributed by atoms with Crippen molar-refractivity contribution in [3.8, 4) is 50.2 Å². The Balaban J connectivity index is 0.000000102. The topological polar surface area (TPSA) is 4.93 Å². The number of rotatable bonds is 5. The van der Waals surface area contributed by atoms with Gasteiger partial charge in [0.25, 0.3) is 0 Å². The number of nitrogens with zero attached hydrogens (tertiary/aromatic N) is 1. The summed E-state index contributed by atoms with van der Waals surface area (Å²) in [6.07, 6.45) is 0. The van der Waals surface area contributed by atoms with Gasteiger partial charge in [-0.1, -0.05) is 377 Å². The highest BCUT2D eigenvalue weighted by molar-refractivity contribution is 9.10. The van der Waals surface area contributed by atoms with E-state index in [-0.39, 0.29) is 0 Å². The zero-order valence-corrected chi connectivity index (χ0v) is 75.9. The first-order valence-electron chi connectivity index (χ1n) is 40.8. The molecule has 0 aliphatic heterocycles. The van der Waals surface area contributed by atoms with Gasteiger partial charge in [-0.3, -0.25) is 0 Å². The van der Waals surface area contributed by atoms with E-state index in [2.05, 4.69) is 281 Å². The van der Waals surface area contributed by atoms with Crippen LogP contribution in [0.5, 0.6) is 0 Å². The van der Waals surface area contributed by atoms with E-state index in [1.54, 1.807) is 0 Å². The molecule has 1 aromatic heterocycles. The number of hydrogen-bond donors (Lipinski definition) is 0. The van der Waals surface area contributed by atoms with Crippen LogP contribution in [0.4, 0.5) is 0 Å². The molecule has 604 valence electrons. The van der Waals surface area contributed by atoms with E-state index in [0.29, 0.717) is 0 Å². The second-order valence-corrected chi connectivity index (χ2v) is 35.9. The fraction of sp³-hybridized carbons (Fsp3) is 0. The highest BCUT2D eigenvalue weighted by Gasteiger charge is 2.21. The molecule has 0 aliphatic carbocycles. The van der Waals surface area contributed by atoms with Crippen molar-refractivity contribution in [2.45, 2.75) is 0 Å². The molecule has 0 saturated carbocycles. The summed E-state index contributed by atoms with van der Waals surface area (Å²) < 4.78 is 3.37. The first-order valence-corrected chi connectivity index (χ1v) is 45.4. The Morgan fingerprint density at radius 2 is 0.421 bits per heavy atom. The first-order chi connectivity index (χ1) is 61.5. The third-order valence-corrected chi connectivity index (χ3v) is 27.9. The Bertz CT molecular complexity index is 8210. The van der Waals surface area contributed by atoms with Crippen LogP contribution in [0.3, 0.4) is 0 Å². The van der Waals surface area contributed by atoms with E-state index in [1.807, 2.05) is 140 Å². The third kappa shape index (κ3) is 15.7. The molecule has 0 N–H and O–H groups in total. The Hall–Kier alpha value is -11.6. The quantitative estimate of drug-likeness (QED) is 0.151. The largest absolute Gasteiger partial charge is 0.309 e. The summed E-state index contributed by atoms with van der Waals surface area (Å²) in [6.45, 7) is 0. The fourth-order valence-corrected chi connectivity index (χ4v) is 20.8. The maximum absolute atomic E-state index is 6.67. The summed E-state index contributed by atoms with van der Waals surface area (Å²) in [5.41, 5.74) is 12.9. The predicted molar refractivity (Wildman–Crippen MR) is 556 cm³/mol. The summed E-state index contributed by atoms with van der Waals surface area (Å²) in [6, 6.07) is 137. The van der Waals surface area contributed by atoms with E-state index in [1.165, 1.54) is 65.6 Å². The summed E-state index contributed by atoms with van der Waals surface area (Å²) >= 11 is 67.9. The summed E-state index contributed by atoms with van der Waals surface area (Å²) in [4.78, 5) is 0. The van der Waals surface area contributed by atoms with Crippen molar-refractivity contribution < 1.29 is 0 Å². The second kappa shape index (κ2) is 35.3. The van der Waals surface area contributed by atoms with Gasteiger partial charge >= 0.3 is 0 Å². The van der Waals surface area contributed by atoms with Crippen LogP contribution in [0.15, 0.2) is 405 Å². The molecule has 0 aliphatic rings. The number of benzene rings is 23. The predicted octanol–water partition coefficient (Wildman–Crippen LogP) is 39.3. The smallest absolute Gasteiger partial charge is 0.0541 e. The van der Waals surface area contributed by atoms with Gasteiger partial charge in [0.2, 0.25) is 0 Å². The molecule has 24 aromatic rings. The van der Waals surface area contributed by atoms with Gasteiger partial charge in [0.1, 0.15) is 0 Å². The van der Waals surface area contributed by atoms with Crippen LogP contribution >= 0.6 is 132 Å². The summed E-state index contributed by atoms with van der Waals surface area (Å²) in [7, 11) is 0. The van der Waals surface area contributed by atoms with Crippen LogP contribution < -0.4 is 0 Å². The molecule has 0 bridgehead atoms. The molecular weight excluding hydrogens is 1820 g/mol. The molecule has 23 aromatic carbocycles. The van der Waals surface area contributed by atoms with E-state index < -0.39 is 0 Å². The zero-order chi connectivity index (χ0) is 86.0. The fourth-order valence-electron chi connectivity index (χ4n) is 17.8. The zero-order valence-electron chi connectivity index (χ0n) is 66.7. The van der Waals surface area contributed by atoms with E-state index in [4.69, 9.17) is 116 Å². The van der Waals surface area contributed by atoms with Crippen LogP contribution in [0, 0.1) is 0 Å². The number of fused-ring (bicyclic) bond motifs is 15. The molecule has 0 saturated heterocycles. The van der Waals surface area contributed by atoms with Crippen molar-refractivity contribution in [3.63, 3.8) is 0 Å². The molecule has 12 heteroatoms. The van der Waals surface area contributed by atoms with E-state index >= 15 is 0 Å². The molecular formula is C114H66BrCl10N. The maximum atomic E-state index is 6.67. The molecule has 0 atom stereocenters. The average molecular weight is 1880 g/mol. The minimum atomic E-state index is 0.729. The molecule has 0 spiro atoms. The SMILES string of the molecule is Clc1cccc2c(-c3ccc(-c4ccc5ccccc5c4)cc3)c3cccc(Cl)c3cc12.Clc1cccc2c(-c3ccc4c(c3)c3ccccc3n4-c3ccccc3)c3cccc(Cl)c3cc12.Clc1cccc2c(-c3ccc4ccccc4c3)c3cccc(Cl)c3cc12.Clc1cccc2c(Br)c3cccc(Cl)c3cc12.Clc1cccc2cc3cccc(Cl)c3cc12. The summed E-state index contributed by atoms with van der Waals surface area (Å²) in [5.74, 6) is 0. The van der Waals surface area contributed by atoms with Gasteiger partial charge in [0, 0.05) is 125 Å². The Kier molecular flexibility index (Phi) is 23.1. The standard InChI is InChI=1S/C32H19Cl2N.C30H18Cl2.C24H14Cl2.C14H7BrCl2.C14H8Cl2/c33-28-13-6-11-23-25(28)19-26-24(12-7-14-29(26)34)32(23)20-16-17-31-27(18-20)22-10-4-5-15-30(22)35(31)21-8-2-1-3-9-21;31-28-9-3-7-24-26(28)18-27-25(8-4-10-29(27)32)30(24)21-14-11-20(12-15-21)23-16-13-19-5-1-2-6-22(19)17-23;25-22-9-3-7-18-20(22)14-21-19(8-4-10-23(21)26)24(18)17-12-11-15-5-1-2-6-16(15)13-17;15-14-8-3-1-5-12(16)10(8)7-11-9(14)4-2-6-13(11)17;15-13-5-1-3-9-7-10-4-2-6-14(16)12(10)8-11(9)13/h1-19H;1-18H;1-14H;1-7H;1-8H. The third-order valence-electron chi connectivity index (χ3n) is 23.7. The maximum Gasteiger partial charge on any atom is 0.0541 e. The lowest BCUT2D eigenvalue weighted by molar-refractivity contribution is 1.18. The Labute approximate surface area is 785 Å². The molecule has 24 rings (SSSR count). The Morgan fingerprint density at radius 3 is 0.841 bits per heavy atom. The molecule has 126 heavy (non-hydrogen) atoms. The van der Waals surface area contributed by atoms with Gasteiger partial charge in [-0.25, -0.2) is 0 Å². The molecule has 1 heterocycles. The molecule has 0 fully saturated rings. The van der Waals surface area contributed by atoms with Gasteiger partial charge in [-0.15, -0.1) is 0 Å². The highest BCUT2D eigenvalue weighted by Crippen LogP contribution is 2.48. The van der Waals surface area contributed by atoms with Crippen LogP contribution in [-0.2, 0) is 0 Å². The van der Waals surface area contributed by atoms with Crippen LogP contribution in [0.25, 0.3) is 201 Å². The van der Waals surface area contributed by atoms with Crippen molar-refractivity contribution in [1.29, 1.82) is 0 Å². The minimum Gasteiger partial charge on any atom is -0.309 e. The van der Waals surface area contributed by atoms with Gasteiger partial charge in [-0.05, 0) is 275 Å².